The van der Waals surface area contributed by atoms with Gasteiger partial charge in [0.05, 0.1) is 17.5 Å². The van der Waals surface area contributed by atoms with Gasteiger partial charge in [-0.05, 0) is 25.7 Å². The summed E-state index contributed by atoms with van der Waals surface area (Å²) in [5.41, 5.74) is 5.50. The van der Waals surface area contributed by atoms with Crippen LogP contribution in [-0.4, -0.2) is 42.6 Å². The maximum atomic E-state index is 12.0. The highest BCUT2D eigenvalue weighted by Gasteiger charge is 2.27. The summed E-state index contributed by atoms with van der Waals surface area (Å²) in [6.45, 7) is 4.06. The number of carbonyl (C=O) groups is 1. The minimum Gasteiger partial charge on any atom is -0.393 e. The van der Waals surface area contributed by atoms with Crippen molar-refractivity contribution in [1.29, 1.82) is 0 Å². The van der Waals surface area contributed by atoms with Gasteiger partial charge in [-0.15, -0.1) is 0 Å². The van der Waals surface area contributed by atoms with Gasteiger partial charge in [-0.3, -0.25) is 4.79 Å². The third-order valence-electron chi connectivity index (χ3n) is 3.03. The summed E-state index contributed by atoms with van der Waals surface area (Å²) in [7, 11) is 1.69. The van der Waals surface area contributed by atoms with Gasteiger partial charge >= 0.3 is 0 Å². The Labute approximate surface area is 102 Å². The lowest BCUT2D eigenvalue weighted by Gasteiger charge is -2.33. The van der Waals surface area contributed by atoms with Crippen LogP contribution in [0.4, 0.5) is 0 Å². The van der Waals surface area contributed by atoms with Gasteiger partial charge in [-0.2, -0.15) is 0 Å². The topological polar surface area (TPSA) is 55.6 Å². The van der Waals surface area contributed by atoms with Crippen molar-refractivity contribution in [2.45, 2.75) is 19.8 Å². The highest BCUT2D eigenvalue weighted by Crippen LogP contribution is 2.18. The summed E-state index contributed by atoms with van der Waals surface area (Å²) >= 11 is 4.85. The molecule has 92 valence electrons. The standard InChI is InChI=1S/C11H20N2O2S/c1-8(10(12)16)11(14)13-5-3-4-9(6-13)7-15-2/h8-9H,3-7H2,1-2H3,(H2,12,16). The third-order valence-corrected chi connectivity index (χ3v) is 3.38. The molecule has 1 aliphatic heterocycles. The van der Waals surface area contributed by atoms with E-state index in [0.29, 0.717) is 12.5 Å². The van der Waals surface area contributed by atoms with Crippen LogP contribution in [0.25, 0.3) is 0 Å². The molecule has 2 atom stereocenters. The Morgan fingerprint density at radius 2 is 2.38 bits per heavy atom. The molecule has 5 heteroatoms. The van der Waals surface area contributed by atoms with E-state index in [-0.39, 0.29) is 16.8 Å². The molecule has 0 spiro atoms. The van der Waals surface area contributed by atoms with Crippen LogP contribution in [0.5, 0.6) is 0 Å². The number of methoxy groups -OCH3 is 1. The largest absolute Gasteiger partial charge is 0.393 e. The minimum absolute atomic E-state index is 0.0494. The van der Waals surface area contributed by atoms with Crippen molar-refractivity contribution < 1.29 is 9.53 Å². The summed E-state index contributed by atoms with van der Waals surface area (Å²) in [5.74, 6) is 0.144. The van der Waals surface area contributed by atoms with Crippen molar-refractivity contribution in [3.05, 3.63) is 0 Å². The number of thiocarbonyl (C=S) groups is 1. The number of hydrogen-bond acceptors (Lipinski definition) is 3. The maximum absolute atomic E-state index is 12.0. The normalized spacial score (nSPS) is 22.9. The molecule has 0 radical (unpaired) electrons. The monoisotopic (exact) mass is 244 g/mol. The first-order chi connectivity index (χ1) is 7.56. The van der Waals surface area contributed by atoms with Crippen LogP contribution < -0.4 is 5.73 Å². The number of amides is 1. The Morgan fingerprint density at radius 3 is 2.94 bits per heavy atom. The molecule has 0 aromatic rings. The molecule has 1 saturated heterocycles. The van der Waals surface area contributed by atoms with Gasteiger partial charge < -0.3 is 15.4 Å². The second-order valence-electron chi connectivity index (χ2n) is 4.37. The molecule has 16 heavy (non-hydrogen) atoms. The van der Waals surface area contributed by atoms with Gasteiger partial charge in [0.1, 0.15) is 0 Å². The average Bonchev–Trinajstić information content (AvgIpc) is 2.28. The average molecular weight is 244 g/mol. The van der Waals surface area contributed by atoms with Gasteiger partial charge in [0.2, 0.25) is 5.91 Å². The molecule has 4 nitrogen and oxygen atoms in total. The Morgan fingerprint density at radius 1 is 1.69 bits per heavy atom. The van der Waals surface area contributed by atoms with Crippen molar-refractivity contribution in [2.24, 2.45) is 17.6 Å². The molecule has 1 amide bonds. The fourth-order valence-electron chi connectivity index (χ4n) is 2.03. The molecule has 1 fully saturated rings. The lowest BCUT2D eigenvalue weighted by atomic mass is 9.97. The van der Waals surface area contributed by atoms with Gasteiger partial charge in [0, 0.05) is 20.2 Å². The number of piperidine rings is 1. The van der Waals surface area contributed by atoms with E-state index in [1.165, 1.54) is 0 Å². The Kier molecular flexibility index (Phi) is 5.15. The van der Waals surface area contributed by atoms with Crippen molar-refractivity contribution >= 4 is 23.1 Å². The van der Waals surface area contributed by atoms with Crippen LogP contribution in [0.2, 0.25) is 0 Å². The molecular weight excluding hydrogens is 224 g/mol. The second-order valence-corrected chi connectivity index (χ2v) is 4.84. The van der Waals surface area contributed by atoms with Crippen molar-refractivity contribution in [3.8, 4) is 0 Å². The lowest BCUT2D eigenvalue weighted by molar-refractivity contribution is -0.135. The van der Waals surface area contributed by atoms with Crippen LogP contribution in [0, 0.1) is 11.8 Å². The summed E-state index contributed by atoms with van der Waals surface area (Å²) < 4.78 is 5.13. The van der Waals surface area contributed by atoms with Gasteiger partial charge in [-0.1, -0.05) is 12.2 Å². The predicted octanol–water partition coefficient (Wildman–Crippen LogP) is 0.794. The molecule has 2 N–H and O–H groups in total. The molecule has 2 unspecified atom stereocenters. The number of nitrogens with zero attached hydrogens (tertiary/aromatic N) is 1. The fourth-order valence-corrected chi connectivity index (χ4v) is 2.13. The van der Waals surface area contributed by atoms with Crippen LogP contribution in [-0.2, 0) is 9.53 Å². The number of ether oxygens (including phenoxy) is 1. The zero-order valence-corrected chi connectivity index (χ0v) is 10.8. The van der Waals surface area contributed by atoms with E-state index < -0.39 is 0 Å². The van der Waals surface area contributed by atoms with Gasteiger partial charge in [0.15, 0.2) is 0 Å². The Hall–Kier alpha value is -0.680. The first-order valence-electron chi connectivity index (χ1n) is 5.63. The van der Waals surface area contributed by atoms with Crippen LogP contribution in [0.1, 0.15) is 19.8 Å². The van der Waals surface area contributed by atoms with Gasteiger partial charge in [0.25, 0.3) is 0 Å². The molecule has 0 bridgehead atoms. The minimum atomic E-state index is -0.351. The van der Waals surface area contributed by atoms with E-state index in [0.717, 1.165) is 25.9 Å². The summed E-state index contributed by atoms with van der Waals surface area (Å²) in [4.78, 5) is 14.1. The van der Waals surface area contributed by atoms with Crippen LogP contribution >= 0.6 is 12.2 Å². The number of carbonyl (C=O) groups excluding carboxylic acids is 1. The van der Waals surface area contributed by atoms with Crippen LogP contribution in [0.15, 0.2) is 0 Å². The van der Waals surface area contributed by atoms with Gasteiger partial charge in [-0.25, -0.2) is 0 Å². The molecule has 0 aromatic carbocycles. The van der Waals surface area contributed by atoms with E-state index in [9.17, 15) is 4.79 Å². The molecule has 0 aromatic heterocycles. The van der Waals surface area contributed by atoms with E-state index in [1.807, 2.05) is 4.90 Å². The van der Waals surface area contributed by atoms with Crippen molar-refractivity contribution in [1.82, 2.24) is 4.90 Å². The molecule has 1 heterocycles. The summed E-state index contributed by atoms with van der Waals surface area (Å²) in [6, 6.07) is 0. The van der Waals surface area contributed by atoms with E-state index >= 15 is 0 Å². The first kappa shape index (κ1) is 13.4. The van der Waals surface area contributed by atoms with Crippen molar-refractivity contribution in [3.63, 3.8) is 0 Å². The number of hydrogen-bond donors (Lipinski definition) is 1. The lowest BCUT2D eigenvalue weighted by Crippen LogP contribution is -2.45. The molecule has 1 rings (SSSR count). The van der Waals surface area contributed by atoms with E-state index in [1.54, 1.807) is 14.0 Å². The summed E-state index contributed by atoms with van der Waals surface area (Å²) in [6.07, 6.45) is 2.16. The zero-order valence-electron chi connectivity index (χ0n) is 9.94. The first-order valence-corrected chi connectivity index (χ1v) is 6.04. The predicted molar refractivity (Wildman–Crippen MR) is 67.1 cm³/mol. The fraction of sp³-hybridized carbons (Fsp3) is 0.818. The Bertz CT molecular complexity index is 269. The maximum Gasteiger partial charge on any atom is 0.232 e. The second kappa shape index (κ2) is 6.15. The smallest absolute Gasteiger partial charge is 0.232 e. The van der Waals surface area contributed by atoms with Crippen LogP contribution in [0.3, 0.4) is 0 Å². The highest BCUT2D eigenvalue weighted by atomic mass is 32.1. The van der Waals surface area contributed by atoms with E-state index in [4.69, 9.17) is 22.7 Å². The third kappa shape index (κ3) is 3.42. The zero-order chi connectivity index (χ0) is 12.1. The molecular formula is C11H20N2O2S. The quantitative estimate of drug-likeness (QED) is 0.743. The number of likely N-dealkylation sites (tertiary alicyclic amines) is 1. The molecule has 0 aliphatic carbocycles. The number of rotatable bonds is 4. The van der Waals surface area contributed by atoms with Crippen molar-refractivity contribution in [2.75, 3.05) is 26.8 Å². The SMILES string of the molecule is COCC1CCCN(C(=O)C(C)C(N)=S)C1. The highest BCUT2D eigenvalue weighted by molar-refractivity contribution is 7.80. The summed E-state index contributed by atoms with van der Waals surface area (Å²) in [5, 5.41) is 0. The number of nitrogens with two attached hydrogens (primary N) is 1. The molecule has 1 aliphatic rings. The van der Waals surface area contributed by atoms with E-state index in [2.05, 4.69) is 0 Å². The Balaban J connectivity index is 2.53. The molecule has 0 saturated carbocycles.